The highest BCUT2D eigenvalue weighted by Gasteiger charge is 2.58. The van der Waals surface area contributed by atoms with Crippen molar-refractivity contribution in [2.45, 2.75) is 0 Å². The monoisotopic (exact) mass is 600 g/mol. The Morgan fingerprint density at radius 3 is 1.15 bits per heavy atom. The maximum Gasteiger partial charge on any atom is 0.423 e. The van der Waals surface area contributed by atoms with Gasteiger partial charge in [0.2, 0.25) is 11.8 Å². The first-order valence-corrected chi connectivity index (χ1v) is 16.2. The molecule has 0 aliphatic carbocycles. The van der Waals surface area contributed by atoms with E-state index in [0.717, 1.165) is 45.9 Å². The molecule has 5 nitrogen and oxygen atoms in total. The largest absolute Gasteiger partial charge is 0.423 e. The van der Waals surface area contributed by atoms with E-state index in [1.807, 2.05) is 0 Å². The molecule has 4 aliphatic rings. The van der Waals surface area contributed by atoms with Gasteiger partial charge in [0.25, 0.3) is 0 Å². The van der Waals surface area contributed by atoms with Gasteiger partial charge in [-0.2, -0.15) is 0 Å². The fourth-order valence-electron chi connectivity index (χ4n) is 8.36. The first-order valence-electron chi connectivity index (χ1n) is 16.2. The van der Waals surface area contributed by atoms with Gasteiger partial charge in [-0.1, -0.05) is 121 Å². The molecule has 0 spiro atoms. The molecule has 4 aliphatic heterocycles. The molecule has 1 aromatic heterocycles. The smallest absolute Gasteiger partial charge is 0.422 e. The van der Waals surface area contributed by atoms with Crippen molar-refractivity contribution in [3.63, 3.8) is 0 Å². The Kier molecular flexibility index (Phi) is 4.95. The van der Waals surface area contributed by atoms with E-state index in [9.17, 15) is 0 Å². The summed E-state index contributed by atoms with van der Waals surface area (Å²) in [6, 6.07) is 56.7. The van der Waals surface area contributed by atoms with Crippen LogP contribution in [0.5, 0.6) is 0 Å². The Balaban J connectivity index is 1.25. The minimum atomic E-state index is -0.114. The molecule has 5 heterocycles. The van der Waals surface area contributed by atoms with Gasteiger partial charge in [0.15, 0.2) is 0 Å². The average Bonchev–Trinajstić information content (AvgIpc) is 3.79. The molecule has 0 bridgehead atoms. The van der Waals surface area contributed by atoms with Crippen LogP contribution in [0, 0.1) is 0 Å². The van der Waals surface area contributed by atoms with Crippen LogP contribution in [0.4, 0.5) is 45.9 Å². The van der Waals surface area contributed by atoms with Crippen molar-refractivity contribution in [2.24, 2.45) is 0 Å². The Morgan fingerprint density at radius 1 is 0.340 bits per heavy atom. The van der Waals surface area contributed by atoms with Crippen LogP contribution in [0.25, 0.3) is 22.3 Å². The lowest BCUT2D eigenvalue weighted by Crippen LogP contribution is -2.56. The molecule has 0 fully saturated rings. The van der Waals surface area contributed by atoms with Crippen molar-refractivity contribution >= 4 is 70.8 Å². The van der Waals surface area contributed by atoms with E-state index in [2.05, 4.69) is 177 Å². The van der Waals surface area contributed by atoms with Crippen LogP contribution in [0.3, 0.4) is 0 Å². The highest BCUT2D eigenvalue weighted by molar-refractivity contribution is 6.89. The Morgan fingerprint density at radius 2 is 0.702 bits per heavy atom. The van der Waals surface area contributed by atoms with Gasteiger partial charge < -0.3 is 23.7 Å². The minimum absolute atomic E-state index is 0.114. The Hall–Kier alpha value is -6.07. The molecule has 0 saturated heterocycles. The number of anilines is 8. The fourth-order valence-corrected chi connectivity index (χ4v) is 8.36. The number of hydrogen-bond acceptors (Lipinski definition) is 5. The SMILES string of the molecule is c1ccc(N2B3c4ccccc4-c4ccccc4N3c3oc4c(c32)N(c2ccccc2)B2c3ccccc3-c3ccccc3N24)cc1. The van der Waals surface area contributed by atoms with Crippen LogP contribution in [0.15, 0.2) is 162 Å². The molecule has 0 amide bonds. The van der Waals surface area contributed by atoms with Crippen molar-refractivity contribution in [2.75, 3.05) is 19.2 Å². The van der Waals surface area contributed by atoms with Crippen LogP contribution in [0.1, 0.15) is 0 Å². The van der Waals surface area contributed by atoms with E-state index in [0.29, 0.717) is 0 Å². The van der Waals surface area contributed by atoms with Gasteiger partial charge in [-0.05, 0) is 58.5 Å². The molecule has 0 N–H and O–H groups in total. The van der Waals surface area contributed by atoms with Crippen LogP contribution >= 0.6 is 0 Å². The third kappa shape index (κ3) is 3.20. The predicted molar refractivity (Wildman–Crippen MR) is 195 cm³/mol. The zero-order chi connectivity index (χ0) is 30.6. The van der Waals surface area contributed by atoms with Crippen molar-refractivity contribution in [3.05, 3.63) is 158 Å². The van der Waals surface area contributed by atoms with Gasteiger partial charge in [-0.15, -0.1) is 0 Å². The molecule has 47 heavy (non-hydrogen) atoms. The summed E-state index contributed by atoms with van der Waals surface area (Å²) in [5.41, 5.74) is 14.2. The summed E-state index contributed by atoms with van der Waals surface area (Å²) >= 11 is 0. The van der Waals surface area contributed by atoms with E-state index in [1.54, 1.807) is 0 Å². The van der Waals surface area contributed by atoms with Gasteiger partial charge in [-0.25, -0.2) is 0 Å². The summed E-state index contributed by atoms with van der Waals surface area (Å²) < 4.78 is 7.32. The molecular weight excluding hydrogens is 574 g/mol. The van der Waals surface area contributed by atoms with Gasteiger partial charge >= 0.3 is 14.0 Å². The lowest BCUT2D eigenvalue weighted by Gasteiger charge is -2.36. The molecule has 0 unspecified atom stereocenters. The zero-order valence-electron chi connectivity index (χ0n) is 25.4. The maximum atomic E-state index is 7.32. The van der Waals surface area contributed by atoms with E-state index in [1.165, 1.54) is 33.2 Å². The summed E-state index contributed by atoms with van der Waals surface area (Å²) in [7, 11) is 0. The Labute approximate surface area is 273 Å². The summed E-state index contributed by atoms with van der Waals surface area (Å²) in [4.78, 5) is 9.83. The second kappa shape index (κ2) is 9.24. The molecule has 11 rings (SSSR count). The molecule has 6 aromatic carbocycles. The number of fused-ring (bicyclic) bond motifs is 17. The van der Waals surface area contributed by atoms with E-state index in [-0.39, 0.29) is 14.0 Å². The standard InChI is InChI=1S/C40H26B2N4O/c1-3-15-27(16-4-1)43-37-38-40(47-39(37)45-35-25-13-9-21-31(35)29-19-7-11-23-33(29)41(43)45)46-36-26-14-10-22-32(36)30-20-8-12-24-34(30)42(46)44(38)28-17-5-2-6-18-28/h1-26H. The van der Waals surface area contributed by atoms with Gasteiger partial charge in [0.05, 0.1) is 0 Å². The molecule has 0 atom stereocenters. The Bertz CT molecular complexity index is 2210. The first kappa shape index (κ1) is 25.2. The van der Waals surface area contributed by atoms with Gasteiger partial charge in [0.1, 0.15) is 11.4 Å². The van der Waals surface area contributed by atoms with E-state index >= 15 is 0 Å². The van der Waals surface area contributed by atoms with Crippen LogP contribution in [-0.4, -0.2) is 14.0 Å². The third-order valence-corrected chi connectivity index (χ3v) is 10.2. The molecule has 7 heteroatoms. The van der Waals surface area contributed by atoms with Crippen LogP contribution < -0.4 is 30.2 Å². The molecule has 218 valence electrons. The van der Waals surface area contributed by atoms with Crippen molar-refractivity contribution in [1.29, 1.82) is 0 Å². The number of hydrogen-bond donors (Lipinski definition) is 0. The van der Waals surface area contributed by atoms with E-state index < -0.39 is 0 Å². The van der Waals surface area contributed by atoms with Crippen molar-refractivity contribution in [1.82, 2.24) is 0 Å². The lowest BCUT2D eigenvalue weighted by molar-refractivity contribution is 0.591. The van der Waals surface area contributed by atoms with Gasteiger partial charge in [0, 0.05) is 33.9 Å². The zero-order valence-corrected chi connectivity index (χ0v) is 25.4. The number of rotatable bonds is 2. The van der Waals surface area contributed by atoms with E-state index in [4.69, 9.17) is 4.42 Å². The summed E-state index contributed by atoms with van der Waals surface area (Å²) in [5.74, 6) is 1.73. The van der Waals surface area contributed by atoms with Crippen LogP contribution in [-0.2, 0) is 0 Å². The number of nitrogens with zero attached hydrogens (tertiary/aromatic N) is 4. The first-order chi connectivity index (χ1) is 23.4. The third-order valence-electron chi connectivity index (χ3n) is 10.2. The molecule has 0 saturated carbocycles. The molecular formula is C40H26B2N4O. The lowest BCUT2D eigenvalue weighted by atomic mass is 9.59. The van der Waals surface area contributed by atoms with Crippen molar-refractivity contribution in [3.8, 4) is 22.3 Å². The highest BCUT2D eigenvalue weighted by atomic mass is 16.4. The topological polar surface area (TPSA) is 26.1 Å². The second-order valence-corrected chi connectivity index (χ2v) is 12.5. The van der Waals surface area contributed by atoms with Crippen LogP contribution in [0.2, 0.25) is 0 Å². The average molecular weight is 600 g/mol. The summed E-state index contributed by atoms with van der Waals surface area (Å²) in [6.07, 6.45) is 0. The summed E-state index contributed by atoms with van der Waals surface area (Å²) in [5, 5.41) is 0. The second-order valence-electron chi connectivity index (χ2n) is 12.5. The molecule has 7 aromatic rings. The summed E-state index contributed by atoms with van der Waals surface area (Å²) in [6.45, 7) is -0.227. The maximum absolute atomic E-state index is 7.32. The number of furan rings is 1. The number of para-hydroxylation sites is 4. The predicted octanol–water partition coefficient (Wildman–Crippen LogP) is 8.61. The highest BCUT2D eigenvalue weighted by Crippen LogP contribution is 2.64. The number of benzene rings is 6. The van der Waals surface area contributed by atoms with Crippen molar-refractivity contribution < 1.29 is 4.42 Å². The van der Waals surface area contributed by atoms with Gasteiger partial charge in [-0.3, -0.25) is 0 Å². The quantitative estimate of drug-likeness (QED) is 0.185. The fraction of sp³-hybridized carbons (Fsp3) is 0. The minimum Gasteiger partial charge on any atom is -0.422 e. The normalized spacial score (nSPS) is 14.6. The molecule has 0 radical (unpaired) electrons.